The Morgan fingerprint density at radius 1 is 1.14 bits per heavy atom. The molecular weight excluding hydrogens is 418 g/mol. The Hall–Kier alpha value is -0.800. The maximum Gasteiger partial charge on any atom is 0.241 e. The van der Waals surface area contributed by atoms with E-state index in [0.29, 0.717) is 42.4 Å². The third-order valence-corrected chi connectivity index (χ3v) is 6.73. The SMILES string of the molecule is CSCCC(NS(=O)(=O)c1ccc(Cl)cc1)C(=O)NCCN(C(C)C)C(C)C. The van der Waals surface area contributed by atoms with Gasteiger partial charge < -0.3 is 5.32 Å². The summed E-state index contributed by atoms with van der Waals surface area (Å²) in [5.74, 6) is 0.366. The van der Waals surface area contributed by atoms with E-state index in [1.54, 1.807) is 11.8 Å². The van der Waals surface area contributed by atoms with Crippen LogP contribution in [0.3, 0.4) is 0 Å². The number of benzene rings is 1. The van der Waals surface area contributed by atoms with E-state index in [1.807, 2.05) is 6.26 Å². The van der Waals surface area contributed by atoms with Crippen LogP contribution in [0.4, 0.5) is 0 Å². The van der Waals surface area contributed by atoms with Gasteiger partial charge >= 0.3 is 0 Å². The first kappa shape index (κ1) is 25.2. The van der Waals surface area contributed by atoms with Gasteiger partial charge in [-0.1, -0.05) is 11.6 Å². The zero-order chi connectivity index (χ0) is 21.3. The molecule has 0 aliphatic heterocycles. The van der Waals surface area contributed by atoms with Crippen molar-refractivity contribution < 1.29 is 13.2 Å². The van der Waals surface area contributed by atoms with Crippen molar-refractivity contribution in [3.05, 3.63) is 29.3 Å². The third-order valence-electron chi connectivity index (χ3n) is 4.34. The normalized spacial score (nSPS) is 13.3. The average molecular weight is 450 g/mol. The largest absolute Gasteiger partial charge is 0.353 e. The summed E-state index contributed by atoms with van der Waals surface area (Å²) in [6, 6.07) is 5.80. The molecule has 0 aromatic heterocycles. The minimum absolute atomic E-state index is 0.0876. The fourth-order valence-corrected chi connectivity index (χ4v) is 4.72. The molecule has 0 heterocycles. The summed E-state index contributed by atoms with van der Waals surface area (Å²) in [6.07, 6.45) is 2.34. The number of amides is 1. The van der Waals surface area contributed by atoms with Gasteiger partial charge in [-0.15, -0.1) is 0 Å². The molecule has 2 N–H and O–H groups in total. The molecule has 0 aliphatic carbocycles. The van der Waals surface area contributed by atoms with E-state index in [9.17, 15) is 13.2 Å². The van der Waals surface area contributed by atoms with Crippen LogP contribution in [0.5, 0.6) is 0 Å². The quantitative estimate of drug-likeness (QED) is 0.512. The van der Waals surface area contributed by atoms with Gasteiger partial charge in [-0.3, -0.25) is 9.69 Å². The van der Waals surface area contributed by atoms with Crippen LogP contribution in [-0.4, -0.2) is 62.4 Å². The smallest absolute Gasteiger partial charge is 0.241 e. The van der Waals surface area contributed by atoms with Gasteiger partial charge in [0.05, 0.1) is 4.90 Å². The van der Waals surface area contributed by atoms with Crippen LogP contribution >= 0.6 is 23.4 Å². The lowest BCUT2D eigenvalue weighted by Crippen LogP contribution is -2.49. The van der Waals surface area contributed by atoms with Crippen molar-refractivity contribution >= 4 is 39.3 Å². The number of hydrogen-bond donors (Lipinski definition) is 2. The van der Waals surface area contributed by atoms with Crippen LogP contribution in [0.25, 0.3) is 0 Å². The van der Waals surface area contributed by atoms with Crippen molar-refractivity contribution in [1.29, 1.82) is 0 Å². The highest BCUT2D eigenvalue weighted by atomic mass is 35.5. The number of sulfonamides is 1. The number of thioether (sulfide) groups is 1. The first-order valence-electron chi connectivity index (χ1n) is 9.38. The molecule has 0 radical (unpaired) electrons. The van der Waals surface area contributed by atoms with Crippen molar-refractivity contribution in [3.8, 4) is 0 Å². The van der Waals surface area contributed by atoms with Gasteiger partial charge in [0.25, 0.3) is 0 Å². The van der Waals surface area contributed by atoms with Crippen molar-refractivity contribution in [1.82, 2.24) is 14.9 Å². The topological polar surface area (TPSA) is 78.5 Å². The standard InChI is InChI=1S/C19H32ClN3O3S2/c1-14(2)23(15(3)4)12-11-21-19(24)18(10-13-27-5)22-28(25,26)17-8-6-16(20)7-9-17/h6-9,14-15,18,22H,10-13H2,1-5H3,(H,21,24). The fraction of sp³-hybridized carbons (Fsp3) is 0.632. The molecule has 0 fully saturated rings. The highest BCUT2D eigenvalue weighted by molar-refractivity contribution is 7.98. The number of nitrogens with one attached hydrogen (secondary N) is 2. The average Bonchev–Trinajstić information content (AvgIpc) is 2.61. The minimum atomic E-state index is -3.81. The van der Waals surface area contributed by atoms with Gasteiger partial charge in [0.1, 0.15) is 6.04 Å². The van der Waals surface area contributed by atoms with Gasteiger partial charge in [-0.25, -0.2) is 8.42 Å². The summed E-state index contributed by atoms with van der Waals surface area (Å²) in [6.45, 7) is 9.63. The van der Waals surface area contributed by atoms with Crippen LogP contribution in [0.1, 0.15) is 34.1 Å². The molecule has 0 saturated heterocycles. The molecule has 0 aliphatic rings. The predicted molar refractivity (Wildman–Crippen MR) is 119 cm³/mol. The second kappa shape index (κ2) is 12.0. The number of carbonyl (C=O) groups excluding carboxylic acids is 1. The molecule has 1 aromatic rings. The molecule has 1 atom stereocenters. The Labute approximate surface area is 178 Å². The van der Waals surface area contributed by atoms with E-state index in [-0.39, 0.29) is 10.8 Å². The summed E-state index contributed by atoms with van der Waals surface area (Å²) in [5.41, 5.74) is 0. The van der Waals surface area contributed by atoms with Crippen LogP contribution in [0, 0.1) is 0 Å². The Morgan fingerprint density at radius 3 is 2.21 bits per heavy atom. The lowest BCUT2D eigenvalue weighted by atomic mass is 10.2. The lowest BCUT2D eigenvalue weighted by molar-refractivity contribution is -0.122. The molecule has 160 valence electrons. The zero-order valence-corrected chi connectivity index (χ0v) is 19.6. The van der Waals surface area contributed by atoms with Gasteiger partial charge in [0, 0.05) is 30.2 Å². The van der Waals surface area contributed by atoms with Crippen LogP contribution < -0.4 is 10.0 Å². The first-order valence-corrected chi connectivity index (χ1v) is 12.6. The van der Waals surface area contributed by atoms with Crippen molar-refractivity contribution in [2.24, 2.45) is 0 Å². The van der Waals surface area contributed by atoms with E-state index < -0.39 is 16.1 Å². The second-order valence-corrected chi connectivity index (χ2v) is 10.3. The van der Waals surface area contributed by atoms with Crippen LogP contribution in [0.2, 0.25) is 5.02 Å². The molecule has 0 bridgehead atoms. The molecule has 1 aromatic carbocycles. The van der Waals surface area contributed by atoms with E-state index in [2.05, 4.69) is 42.6 Å². The number of carbonyl (C=O) groups is 1. The Bertz CT molecular complexity index is 702. The van der Waals surface area contributed by atoms with E-state index in [1.165, 1.54) is 24.3 Å². The van der Waals surface area contributed by atoms with Gasteiger partial charge in [0.2, 0.25) is 15.9 Å². The van der Waals surface area contributed by atoms with Crippen molar-refractivity contribution in [2.75, 3.05) is 25.1 Å². The summed E-state index contributed by atoms with van der Waals surface area (Å²) < 4.78 is 27.8. The first-order chi connectivity index (χ1) is 13.1. The summed E-state index contributed by atoms with van der Waals surface area (Å²) >= 11 is 7.39. The maximum atomic E-state index is 12.6. The van der Waals surface area contributed by atoms with Crippen molar-refractivity contribution in [3.63, 3.8) is 0 Å². The van der Waals surface area contributed by atoms with Crippen molar-refractivity contribution in [2.45, 2.75) is 57.1 Å². The fourth-order valence-electron chi connectivity index (χ4n) is 2.89. The number of hydrogen-bond acceptors (Lipinski definition) is 5. The number of rotatable bonds is 12. The predicted octanol–water partition coefficient (Wildman–Crippen LogP) is 2.98. The minimum Gasteiger partial charge on any atom is -0.353 e. The molecular formula is C19H32ClN3O3S2. The van der Waals surface area contributed by atoms with Gasteiger partial charge in [-0.05, 0) is 70.4 Å². The summed E-state index contributed by atoms with van der Waals surface area (Å²) in [7, 11) is -3.81. The molecule has 0 saturated carbocycles. The molecule has 0 spiro atoms. The zero-order valence-electron chi connectivity index (χ0n) is 17.2. The lowest BCUT2D eigenvalue weighted by Gasteiger charge is -2.30. The van der Waals surface area contributed by atoms with Gasteiger partial charge in [-0.2, -0.15) is 16.5 Å². The monoisotopic (exact) mass is 449 g/mol. The Balaban J connectivity index is 2.78. The van der Waals surface area contributed by atoms with E-state index in [4.69, 9.17) is 11.6 Å². The number of nitrogens with zero attached hydrogens (tertiary/aromatic N) is 1. The molecule has 1 unspecified atom stereocenters. The Kier molecular flexibility index (Phi) is 10.8. The number of halogens is 1. The Morgan fingerprint density at radius 2 is 1.71 bits per heavy atom. The highest BCUT2D eigenvalue weighted by Crippen LogP contribution is 2.15. The second-order valence-electron chi connectivity index (χ2n) is 7.13. The summed E-state index contributed by atoms with van der Waals surface area (Å²) in [5, 5.41) is 3.33. The molecule has 9 heteroatoms. The van der Waals surface area contributed by atoms with Crippen LogP contribution in [-0.2, 0) is 14.8 Å². The molecule has 6 nitrogen and oxygen atoms in total. The molecule has 1 rings (SSSR count). The maximum absolute atomic E-state index is 12.6. The molecule has 28 heavy (non-hydrogen) atoms. The summed E-state index contributed by atoms with van der Waals surface area (Å²) in [4.78, 5) is 15.0. The molecule has 1 amide bonds. The van der Waals surface area contributed by atoms with Gasteiger partial charge in [0.15, 0.2) is 0 Å². The van der Waals surface area contributed by atoms with E-state index in [0.717, 1.165) is 0 Å². The van der Waals surface area contributed by atoms with Crippen LogP contribution in [0.15, 0.2) is 29.2 Å². The highest BCUT2D eigenvalue weighted by Gasteiger charge is 2.25. The third kappa shape index (κ3) is 8.29. The van der Waals surface area contributed by atoms with E-state index >= 15 is 0 Å².